The molecule has 0 aliphatic rings. The number of aryl methyl sites for hydroxylation is 2. The van der Waals surface area contributed by atoms with E-state index in [0.717, 1.165) is 11.8 Å². The molecule has 15 heteroatoms. The summed E-state index contributed by atoms with van der Waals surface area (Å²) in [5.41, 5.74) is 2.57. The van der Waals surface area contributed by atoms with E-state index in [1.807, 2.05) is 30.3 Å². The van der Waals surface area contributed by atoms with E-state index in [0.29, 0.717) is 33.6 Å². The third-order valence-corrected chi connectivity index (χ3v) is 8.62. The average molecular weight is 662 g/mol. The summed E-state index contributed by atoms with van der Waals surface area (Å²) in [6.45, 7) is 3.36. The fourth-order valence-electron chi connectivity index (χ4n) is 4.53. The maximum atomic E-state index is 12.4. The molecule has 5 aromatic carbocycles. The molecule has 0 radical (unpaired) electrons. The van der Waals surface area contributed by atoms with Crippen LogP contribution in [0.5, 0.6) is 11.5 Å². The summed E-state index contributed by atoms with van der Waals surface area (Å²) in [5.74, 6) is -0.290. The number of ether oxygens (including phenoxy) is 1. The summed E-state index contributed by atoms with van der Waals surface area (Å²) in [6, 6.07) is 22.5. The number of phenols is 1. The Morgan fingerprint density at radius 1 is 0.652 bits per heavy atom. The van der Waals surface area contributed by atoms with E-state index in [4.69, 9.17) is 4.74 Å². The van der Waals surface area contributed by atoms with Crippen LogP contribution in [0.4, 0.5) is 34.1 Å². The zero-order valence-electron chi connectivity index (χ0n) is 24.6. The zero-order chi connectivity index (χ0) is 33.2. The maximum Gasteiger partial charge on any atom is 0.296 e. The monoisotopic (exact) mass is 661 g/mol. The van der Waals surface area contributed by atoms with Gasteiger partial charge in [0.2, 0.25) is 0 Å². The summed E-state index contributed by atoms with van der Waals surface area (Å²) in [5, 5.41) is 31.2. The van der Waals surface area contributed by atoms with Crippen LogP contribution in [-0.2, 0) is 20.2 Å². The van der Waals surface area contributed by atoms with E-state index in [1.165, 1.54) is 25.3 Å². The van der Waals surface area contributed by atoms with E-state index in [1.54, 1.807) is 44.2 Å². The van der Waals surface area contributed by atoms with Gasteiger partial charge >= 0.3 is 0 Å². The van der Waals surface area contributed by atoms with Crippen LogP contribution in [-0.4, -0.2) is 38.2 Å². The molecular weight excluding hydrogens is 635 g/mol. The first kappa shape index (κ1) is 32.2. The van der Waals surface area contributed by atoms with E-state index >= 15 is 0 Å². The number of aromatic hydroxyl groups is 1. The Labute approximate surface area is 264 Å². The lowest BCUT2D eigenvalue weighted by atomic mass is 10.1. The molecule has 0 saturated heterocycles. The molecule has 0 fully saturated rings. The Balaban J connectivity index is 1.49. The molecule has 13 nitrogen and oxygen atoms in total. The van der Waals surface area contributed by atoms with Gasteiger partial charge in [-0.3, -0.25) is 9.11 Å². The number of nitrogens with one attached hydrogen (secondary N) is 1. The number of para-hydroxylation sites is 1. The van der Waals surface area contributed by atoms with Crippen molar-refractivity contribution in [1.82, 2.24) is 0 Å². The highest BCUT2D eigenvalue weighted by atomic mass is 32.2. The third kappa shape index (κ3) is 7.02. The van der Waals surface area contributed by atoms with Gasteiger partial charge in [-0.1, -0.05) is 18.2 Å². The summed E-state index contributed by atoms with van der Waals surface area (Å²) in [6.07, 6.45) is 0. The molecule has 0 unspecified atom stereocenters. The second-order valence-electron chi connectivity index (χ2n) is 10.1. The van der Waals surface area contributed by atoms with Crippen LogP contribution in [0.2, 0.25) is 0 Å². The first-order chi connectivity index (χ1) is 21.7. The number of benzene rings is 5. The standard InChI is InChI=1S/C31H27N5O8S2/c1-18-14-27(19(2)13-26(18)34-33-25-12-10-23(44-3)17-28(25)45(38,39)40)35-36-30-29(46(41,42)43)16-20-15-22(9-11-24(20)31(30)37)32-21-7-5-4-6-8-21/h4-17,32,37H,1-3H3,(H,38,39,40)(H,41,42,43). The van der Waals surface area contributed by atoms with E-state index in [-0.39, 0.29) is 16.8 Å². The van der Waals surface area contributed by atoms with Crippen molar-refractivity contribution in [1.29, 1.82) is 0 Å². The van der Waals surface area contributed by atoms with Gasteiger partial charge in [0.25, 0.3) is 20.2 Å². The smallest absolute Gasteiger partial charge is 0.296 e. The predicted molar refractivity (Wildman–Crippen MR) is 172 cm³/mol. The van der Waals surface area contributed by atoms with Gasteiger partial charge in [0, 0.05) is 22.8 Å². The molecule has 5 aromatic rings. The lowest BCUT2D eigenvalue weighted by molar-refractivity contribution is 0.412. The fourth-order valence-corrected chi connectivity index (χ4v) is 5.83. The Morgan fingerprint density at radius 3 is 1.87 bits per heavy atom. The quantitative estimate of drug-likeness (QED) is 0.0886. The van der Waals surface area contributed by atoms with Gasteiger partial charge in [0.1, 0.15) is 26.9 Å². The largest absolute Gasteiger partial charge is 0.505 e. The minimum absolute atomic E-state index is 0.114. The highest BCUT2D eigenvalue weighted by Gasteiger charge is 2.22. The fraction of sp³-hybridized carbons (Fsp3) is 0.0968. The number of phenolic OH excluding ortho intramolecular Hbond substituents is 1. The normalized spacial score (nSPS) is 12.3. The van der Waals surface area contributed by atoms with Crippen molar-refractivity contribution in [2.45, 2.75) is 23.6 Å². The van der Waals surface area contributed by atoms with Crippen LogP contribution in [0.3, 0.4) is 0 Å². The molecule has 0 atom stereocenters. The van der Waals surface area contributed by atoms with Gasteiger partial charge in [0.15, 0.2) is 5.75 Å². The lowest BCUT2D eigenvalue weighted by Gasteiger charge is -2.12. The molecule has 0 saturated carbocycles. The average Bonchev–Trinajstić information content (AvgIpc) is 3.00. The van der Waals surface area contributed by atoms with Crippen LogP contribution in [0.1, 0.15) is 11.1 Å². The first-order valence-corrected chi connectivity index (χ1v) is 16.3. The Bertz CT molecular complexity index is 2260. The Kier molecular flexibility index (Phi) is 8.85. The first-order valence-electron chi connectivity index (χ1n) is 13.4. The molecule has 236 valence electrons. The molecule has 46 heavy (non-hydrogen) atoms. The van der Waals surface area contributed by atoms with Crippen LogP contribution in [0.25, 0.3) is 10.8 Å². The number of hydrogen-bond donors (Lipinski definition) is 4. The molecule has 0 heterocycles. The highest BCUT2D eigenvalue weighted by Crippen LogP contribution is 2.43. The number of fused-ring (bicyclic) bond motifs is 1. The van der Waals surface area contributed by atoms with Gasteiger partial charge in [-0.2, -0.15) is 27.1 Å². The number of methoxy groups -OCH3 is 1. The van der Waals surface area contributed by atoms with Crippen LogP contribution < -0.4 is 10.1 Å². The Morgan fingerprint density at radius 2 is 1.26 bits per heavy atom. The number of azo groups is 2. The maximum absolute atomic E-state index is 12.4. The zero-order valence-corrected chi connectivity index (χ0v) is 26.2. The van der Waals surface area contributed by atoms with Crippen molar-refractivity contribution in [3.63, 3.8) is 0 Å². The highest BCUT2D eigenvalue weighted by molar-refractivity contribution is 7.86. The summed E-state index contributed by atoms with van der Waals surface area (Å²) < 4.78 is 73.1. The second kappa shape index (κ2) is 12.6. The van der Waals surface area contributed by atoms with Crippen LogP contribution in [0, 0.1) is 13.8 Å². The van der Waals surface area contributed by atoms with E-state index in [2.05, 4.69) is 25.8 Å². The summed E-state index contributed by atoms with van der Waals surface area (Å²) in [4.78, 5) is -1.11. The molecule has 0 amide bonds. The minimum atomic E-state index is -4.83. The lowest BCUT2D eigenvalue weighted by Crippen LogP contribution is -1.99. The second-order valence-corrected chi connectivity index (χ2v) is 12.9. The molecule has 0 aliphatic carbocycles. The van der Waals surface area contributed by atoms with Crippen molar-refractivity contribution in [2.24, 2.45) is 20.5 Å². The molecule has 0 aromatic heterocycles. The SMILES string of the molecule is COc1ccc(N=Nc2cc(C)c(N=Nc3c(S(=O)(=O)O)cc4cc(Nc5ccccc5)ccc4c3O)cc2C)c(S(=O)(=O)O)c1. The van der Waals surface area contributed by atoms with Crippen molar-refractivity contribution < 1.29 is 35.8 Å². The van der Waals surface area contributed by atoms with Gasteiger partial charge in [-0.25, -0.2) is 0 Å². The molecule has 4 N–H and O–H groups in total. The Hall–Kier alpha value is -5.22. The molecule has 5 rings (SSSR count). The number of anilines is 2. The van der Waals surface area contributed by atoms with Crippen molar-refractivity contribution in [2.75, 3.05) is 12.4 Å². The number of rotatable bonds is 9. The molecule has 0 spiro atoms. The number of nitrogens with zero attached hydrogens (tertiary/aromatic N) is 4. The van der Waals surface area contributed by atoms with Crippen LogP contribution in [0.15, 0.2) is 115 Å². The topological polar surface area (TPSA) is 200 Å². The molecule has 0 bridgehead atoms. The van der Waals surface area contributed by atoms with Gasteiger partial charge in [0.05, 0.1) is 18.5 Å². The van der Waals surface area contributed by atoms with Crippen molar-refractivity contribution in [3.8, 4) is 11.5 Å². The van der Waals surface area contributed by atoms with Crippen molar-refractivity contribution in [3.05, 3.63) is 96.1 Å². The van der Waals surface area contributed by atoms with Gasteiger partial charge in [-0.05, 0) is 91.0 Å². The van der Waals surface area contributed by atoms with Gasteiger partial charge in [-0.15, -0.1) is 10.2 Å². The van der Waals surface area contributed by atoms with E-state index in [9.17, 15) is 31.0 Å². The minimum Gasteiger partial charge on any atom is -0.505 e. The van der Waals surface area contributed by atoms with Gasteiger partial charge < -0.3 is 15.2 Å². The predicted octanol–water partition coefficient (Wildman–Crippen LogP) is 8.24. The third-order valence-electron chi connectivity index (χ3n) is 6.87. The van der Waals surface area contributed by atoms with Crippen LogP contribution >= 0.6 is 0 Å². The molecular formula is C31H27N5O8S2. The number of hydrogen-bond acceptors (Lipinski definition) is 11. The van der Waals surface area contributed by atoms with E-state index < -0.39 is 41.5 Å². The summed E-state index contributed by atoms with van der Waals surface area (Å²) >= 11 is 0. The summed E-state index contributed by atoms with van der Waals surface area (Å²) in [7, 11) is -8.10. The van der Waals surface area contributed by atoms with Crippen molar-refractivity contribution >= 4 is 65.1 Å². The molecule has 0 aliphatic heterocycles.